The minimum atomic E-state index is -0.307. The summed E-state index contributed by atoms with van der Waals surface area (Å²) in [6.45, 7) is 1.62. The zero-order chi connectivity index (χ0) is 19.5. The third-order valence-corrected chi connectivity index (χ3v) is 4.97. The Morgan fingerprint density at radius 1 is 1.36 bits per heavy atom. The third kappa shape index (κ3) is 3.53. The summed E-state index contributed by atoms with van der Waals surface area (Å²) in [5.74, 6) is 0.920. The fourth-order valence-electron chi connectivity index (χ4n) is 3.52. The van der Waals surface area contributed by atoms with Crippen LogP contribution >= 0.6 is 0 Å². The SMILES string of the molecule is COCCc1noc(C2CCCN(C(=O)c3n[nH]c(=O)c4ccccc34)C2)n1. The van der Waals surface area contributed by atoms with Crippen LogP contribution in [0.2, 0.25) is 0 Å². The van der Waals surface area contributed by atoms with Gasteiger partial charge in [0, 0.05) is 32.0 Å². The van der Waals surface area contributed by atoms with E-state index in [-0.39, 0.29) is 23.1 Å². The average Bonchev–Trinajstić information content (AvgIpc) is 3.21. The van der Waals surface area contributed by atoms with E-state index in [0.717, 1.165) is 12.8 Å². The molecule has 1 aliphatic rings. The maximum atomic E-state index is 13.1. The first-order chi connectivity index (χ1) is 13.7. The van der Waals surface area contributed by atoms with E-state index in [2.05, 4.69) is 20.3 Å². The van der Waals surface area contributed by atoms with Crippen LogP contribution in [0.3, 0.4) is 0 Å². The van der Waals surface area contributed by atoms with E-state index in [9.17, 15) is 9.59 Å². The quantitative estimate of drug-likeness (QED) is 0.710. The van der Waals surface area contributed by atoms with Gasteiger partial charge in [-0.15, -0.1) is 0 Å². The second-order valence-electron chi connectivity index (χ2n) is 6.83. The molecule has 1 aromatic carbocycles. The van der Waals surface area contributed by atoms with E-state index < -0.39 is 0 Å². The lowest BCUT2D eigenvalue weighted by molar-refractivity contribution is 0.0690. The van der Waals surface area contributed by atoms with Crippen molar-refractivity contribution < 1.29 is 14.1 Å². The predicted octanol–water partition coefficient (Wildman–Crippen LogP) is 1.51. The lowest BCUT2D eigenvalue weighted by atomic mass is 9.97. The van der Waals surface area contributed by atoms with Crippen molar-refractivity contribution >= 4 is 16.7 Å². The zero-order valence-electron chi connectivity index (χ0n) is 15.6. The minimum absolute atomic E-state index is 0.0180. The number of fused-ring (bicyclic) bond motifs is 1. The second-order valence-corrected chi connectivity index (χ2v) is 6.83. The van der Waals surface area contributed by atoms with E-state index in [1.54, 1.807) is 36.3 Å². The first kappa shape index (κ1) is 18.3. The highest BCUT2D eigenvalue weighted by Gasteiger charge is 2.30. The topological polar surface area (TPSA) is 114 Å². The van der Waals surface area contributed by atoms with E-state index in [4.69, 9.17) is 9.26 Å². The van der Waals surface area contributed by atoms with Crippen molar-refractivity contribution in [1.29, 1.82) is 0 Å². The van der Waals surface area contributed by atoms with Gasteiger partial charge in [-0.3, -0.25) is 9.59 Å². The fourth-order valence-corrected chi connectivity index (χ4v) is 3.52. The number of nitrogens with one attached hydrogen (secondary N) is 1. The van der Waals surface area contributed by atoms with E-state index in [1.807, 2.05) is 0 Å². The summed E-state index contributed by atoms with van der Waals surface area (Å²) >= 11 is 0. The number of aromatic nitrogens is 4. The molecule has 1 amide bonds. The van der Waals surface area contributed by atoms with Gasteiger partial charge >= 0.3 is 0 Å². The van der Waals surface area contributed by atoms with Crippen molar-refractivity contribution in [3.8, 4) is 0 Å². The molecule has 2 aromatic heterocycles. The van der Waals surface area contributed by atoms with Crippen LogP contribution in [0.4, 0.5) is 0 Å². The van der Waals surface area contributed by atoms with Crippen molar-refractivity contribution in [2.45, 2.75) is 25.2 Å². The molecule has 0 bridgehead atoms. The van der Waals surface area contributed by atoms with E-state index in [1.165, 1.54) is 0 Å². The van der Waals surface area contributed by atoms with Crippen molar-refractivity contribution in [2.75, 3.05) is 26.8 Å². The molecule has 1 fully saturated rings. The maximum Gasteiger partial charge on any atom is 0.274 e. The first-order valence-corrected chi connectivity index (χ1v) is 9.25. The van der Waals surface area contributed by atoms with E-state index in [0.29, 0.717) is 48.6 Å². The molecule has 1 atom stereocenters. The summed E-state index contributed by atoms with van der Waals surface area (Å²) in [6.07, 6.45) is 2.28. The Kier molecular flexibility index (Phi) is 5.16. The van der Waals surface area contributed by atoms with Crippen molar-refractivity contribution in [3.63, 3.8) is 0 Å². The highest BCUT2D eigenvalue weighted by Crippen LogP contribution is 2.27. The summed E-state index contributed by atoms with van der Waals surface area (Å²) < 4.78 is 10.4. The number of ether oxygens (including phenoxy) is 1. The molecule has 1 unspecified atom stereocenters. The molecule has 1 saturated heterocycles. The summed E-state index contributed by atoms with van der Waals surface area (Å²) in [5.41, 5.74) is -0.0553. The molecule has 0 radical (unpaired) electrons. The molecular weight excluding hydrogens is 362 g/mol. The normalized spacial score (nSPS) is 17.2. The molecule has 3 aromatic rings. The largest absolute Gasteiger partial charge is 0.384 e. The number of amides is 1. The van der Waals surface area contributed by atoms with Crippen LogP contribution in [0.25, 0.3) is 10.8 Å². The highest BCUT2D eigenvalue weighted by atomic mass is 16.5. The number of methoxy groups -OCH3 is 1. The van der Waals surface area contributed by atoms with Crippen LogP contribution in [0.1, 0.15) is 41.0 Å². The van der Waals surface area contributed by atoms with Gasteiger partial charge in [0.1, 0.15) is 0 Å². The van der Waals surface area contributed by atoms with E-state index >= 15 is 0 Å². The molecule has 1 aliphatic heterocycles. The monoisotopic (exact) mass is 383 g/mol. The summed E-state index contributed by atoms with van der Waals surface area (Å²) in [4.78, 5) is 31.2. The van der Waals surface area contributed by atoms with Crippen LogP contribution in [0.15, 0.2) is 33.6 Å². The molecule has 3 heterocycles. The maximum absolute atomic E-state index is 13.1. The number of H-pyrrole nitrogens is 1. The number of hydrogen-bond donors (Lipinski definition) is 1. The van der Waals surface area contributed by atoms with Gasteiger partial charge in [0.15, 0.2) is 11.5 Å². The number of nitrogens with zero attached hydrogens (tertiary/aromatic N) is 4. The van der Waals surface area contributed by atoms with Gasteiger partial charge in [0.2, 0.25) is 5.89 Å². The lowest BCUT2D eigenvalue weighted by Gasteiger charge is -2.30. The van der Waals surface area contributed by atoms with Crippen LogP contribution in [-0.2, 0) is 11.2 Å². The third-order valence-electron chi connectivity index (χ3n) is 4.97. The van der Waals surface area contributed by atoms with Gasteiger partial charge in [-0.1, -0.05) is 23.4 Å². The molecule has 9 nitrogen and oxygen atoms in total. The molecule has 146 valence electrons. The lowest BCUT2D eigenvalue weighted by Crippen LogP contribution is -2.40. The number of hydrogen-bond acceptors (Lipinski definition) is 7. The van der Waals surface area contributed by atoms with Crippen LogP contribution in [0, 0.1) is 0 Å². The number of piperidine rings is 1. The minimum Gasteiger partial charge on any atom is -0.384 e. The first-order valence-electron chi connectivity index (χ1n) is 9.25. The number of carbonyl (C=O) groups is 1. The molecule has 4 rings (SSSR count). The standard InChI is InChI=1S/C19H21N5O4/c1-27-10-8-15-20-18(28-23-15)12-5-4-9-24(11-12)19(26)16-13-6-2-3-7-14(13)17(25)22-21-16/h2-3,6-7,12H,4-5,8-11H2,1H3,(H,22,25). The Labute approximate surface area is 160 Å². The number of likely N-dealkylation sites (tertiary alicyclic amines) is 1. The Bertz CT molecular complexity index is 1040. The number of benzene rings is 1. The predicted molar refractivity (Wildman–Crippen MR) is 100 cm³/mol. The number of carbonyl (C=O) groups excluding carboxylic acids is 1. The molecule has 0 saturated carbocycles. The van der Waals surface area contributed by atoms with Gasteiger partial charge in [-0.05, 0) is 18.9 Å². The summed E-state index contributed by atoms with van der Waals surface area (Å²) in [7, 11) is 1.63. The van der Waals surface area contributed by atoms with Gasteiger partial charge in [-0.25, -0.2) is 5.10 Å². The second kappa shape index (κ2) is 7.89. The molecule has 0 spiro atoms. The Hall–Kier alpha value is -3.07. The Morgan fingerprint density at radius 2 is 2.18 bits per heavy atom. The highest BCUT2D eigenvalue weighted by molar-refractivity contribution is 6.04. The Balaban J connectivity index is 1.55. The Morgan fingerprint density at radius 3 is 3.00 bits per heavy atom. The summed E-state index contributed by atoms with van der Waals surface area (Å²) in [6, 6.07) is 6.98. The molecule has 28 heavy (non-hydrogen) atoms. The van der Waals surface area contributed by atoms with Crippen molar-refractivity contribution in [2.24, 2.45) is 0 Å². The molecule has 9 heteroatoms. The van der Waals surface area contributed by atoms with Gasteiger partial charge < -0.3 is 14.2 Å². The fraction of sp³-hybridized carbons (Fsp3) is 0.421. The molecule has 0 aliphatic carbocycles. The van der Waals surface area contributed by atoms with Gasteiger partial charge in [0.05, 0.1) is 17.9 Å². The van der Waals surface area contributed by atoms with Crippen LogP contribution < -0.4 is 5.56 Å². The average molecular weight is 383 g/mol. The van der Waals surface area contributed by atoms with Gasteiger partial charge in [0.25, 0.3) is 11.5 Å². The molecular formula is C19H21N5O4. The van der Waals surface area contributed by atoms with Crippen LogP contribution in [-0.4, -0.2) is 58.0 Å². The zero-order valence-corrected chi connectivity index (χ0v) is 15.6. The van der Waals surface area contributed by atoms with Gasteiger partial charge in [-0.2, -0.15) is 10.1 Å². The smallest absolute Gasteiger partial charge is 0.274 e. The summed E-state index contributed by atoms with van der Waals surface area (Å²) in [5, 5.41) is 11.4. The number of rotatable bonds is 5. The number of aromatic amines is 1. The van der Waals surface area contributed by atoms with Crippen molar-refractivity contribution in [3.05, 3.63) is 52.0 Å². The van der Waals surface area contributed by atoms with Crippen LogP contribution in [0.5, 0.6) is 0 Å². The van der Waals surface area contributed by atoms with Crippen molar-refractivity contribution in [1.82, 2.24) is 25.2 Å². The molecule has 1 N–H and O–H groups in total.